The van der Waals surface area contributed by atoms with Gasteiger partial charge in [0.1, 0.15) is 17.5 Å². The predicted octanol–water partition coefficient (Wildman–Crippen LogP) is 1.96. The van der Waals surface area contributed by atoms with E-state index in [0.717, 1.165) is 49.8 Å². The monoisotopic (exact) mass is 264 g/mol. The van der Waals surface area contributed by atoms with Crippen molar-refractivity contribution in [3.05, 3.63) is 11.9 Å². The van der Waals surface area contributed by atoms with E-state index in [0.29, 0.717) is 6.54 Å². The van der Waals surface area contributed by atoms with Crippen LogP contribution >= 0.6 is 0 Å². The molecule has 1 unspecified atom stereocenters. The molecule has 1 fully saturated rings. The average Bonchev–Trinajstić information content (AvgIpc) is 2.34. The minimum Gasteiger partial charge on any atom is -0.388 e. The van der Waals surface area contributed by atoms with E-state index in [1.165, 1.54) is 0 Å². The quantitative estimate of drug-likeness (QED) is 0.870. The van der Waals surface area contributed by atoms with Crippen LogP contribution in [0, 0.1) is 6.92 Å². The fourth-order valence-electron chi connectivity index (χ4n) is 2.47. The first kappa shape index (κ1) is 14.1. The summed E-state index contributed by atoms with van der Waals surface area (Å²) in [5.74, 6) is 2.54. The third kappa shape index (κ3) is 3.80. The molecule has 1 aliphatic rings. The molecule has 106 valence electrons. The van der Waals surface area contributed by atoms with Crippen molar-refractivity contribution in [2.45, 2.75) is 45.6 Å². The van der Waals surface area contributed by atoms with Crippen LogP contribution in [0.2, 0.25) is 0 Å². The smallest absolute Gasteiger partial charge is 0.134 e. The molecule has 0 radical (unpaired) electrons. The number of piperidine rings is 1. The minimum absolute atomic E-state index is 0.617. The molecule has 0 spiro atoms. The lowest BCUT2D eigenvalue weighted by Crippen LogP contribution is -2.46. The summed E-state index contributed by atoms with van der Waals surface area (Å²) >= 11 is 0. The van der Waals surface area contributed by atoms with E-state index < -0.39 is 5.60 Å². The van der Waals surface area contributed by atoms with Crippen LogP contribution in [-0.2, 0) is 0 Å². The maximum Gasteiger partial charge on any atom is 0.134 e. The van der Waals surface area contributed by atoms with Gasteiger partial charge in [-0.2, -0.15) is 0 Å². The van der Waals surface area contributed by atoms with Crippen molar-refractivity contribution < 1.29 is 5.11 Å². The second kappa shape index (κ2) is 5.74. The third-order valence-electron chi connectivity index (χ3n) is 3.38. The van der Waals surface area contributed by atoms with E-state index in [1.807, 2.05) is 19.9 Å². The van der Waals surface area contributed by atoms with Crippen molar-refractivity contribution in [3.8, 4) is 0 Å². The van der Waals surface area contributed by atoms with Gasteiger partial charge in [0, 0.05) is 25.7 Å². The molecule has 0 bridgehead atoms. The van der Waals surface area contributed by atoms with E-state index in [2.05, 4.69) is 27.1 Å². The zero-order valence-corrected chi connectivity index (χ0v) is 12.1. The van der Waals surface area contributed by atoms with Gasteiger partial charge in [0.15, 0.2) is 0 Å². The number of aliphatic hydroxyl groups is 1. The summed E-state index contributed by atoms with van der Waals surface area (Å²) in [7, 11) is 0. The molecule has 2 N–H and O–H groups in total. The van der Waals surface area contributed by atoms with Gasteiger partial charge < -0.3 is 15.3 Å². The standard InChI is InChI=1S/C14H24N4O/c1-4-7-15-12-9-13(17-11(2)16-12)18-8-5-6-14(3,19)10-18/h9,19H,4-8,10H2,1-3H3,(H,15,16,17). The Morgan fingerprint density at radius 1 is 1.47 bits per heavy atom. The lowest BCUT2D eigenvalue weighted by molar-refractivity contribution is 0.0447. The van der Waals surface area contributed by atoms with Gasteiger partial charge in [0.25, 0.3) is 0 Å². The van der Waals surface area contributed by atoms with Gasteiger partial charge in [0.2, 0.25) is 0 Å². The summed E-state index contributed by atoms with van der Waals surface area (Å²) in [6.45, 7) is 8.42. The van der Waals surface area contributed by atoms with Crippen LogP contribution < -0.4 is 10.2 Å². The molecule has 0 aromatic carbocycles. The molecule has 5 heteroatoms. The summed E-state index contributed by atoms with van der Waals surface area (Å²) in [4.78, 5) is 11.0. The van der Waals surface area contributed by atoms with Crippen LogP contribution in [0.5, 0.6) is 0 Å². The Kier molecular flexibility index (Phi) is 4.24. The highest BCUT2D eigenvalue weighted by molar-refractivity contribution is 5.50. The number of β-amino-alcohol motifs (C(OH)–C–C–N with tert-alkyl or cyclic N) is 1. The number of aryl methyl sites for hydroxylation is 1. The van der Waals surface area contributed by atoms with Crippen molar-refractivity contribution in [2.24, 2.45) is 0 Å². The Bertz CT molecular complexity index is 433. The largest absolute Gasteiger partial charge is 0.388 e. The lowest BCUT2D eigenvalue weighted by atomic mass is 9.95. The number of rotatable bonds is 4. The summed E-state index contributed by atoms with van der Waals surface area (Å²) in [6.07, 6.45) is 2.92. The molecular weight excluding hydrogens is 240 g/mol. The highest BCUT2D eigenvalue weighted by atomic mass is 16.3. The van der Waals surface area contributed by atoms with Crippen molar-refractivity contribution in [1.29, 1.82) is 0 Å². The zero-order valence-electron chi connectivity index (χ0n) is 12.1. The van der Waals surface area contributed by atoms with Gasteiger partial charge >= 0.3 is 0 Å². The van der Waals surface area contributed by atoms with Crippen LogP contribution in [0.3, 0.4) is 0 Å². The first-order valence-electron chi connectivity index (χ1n) is 7.07. The van der Waals surface area contributed by atoms with Gasteiger partial charge in [-0.15, -0.1) is 0 Å². The van der Waals surface area contributed by atoms with Crippen molar-refractivity contribution in [2.75, 3.05) is 29.9 Å². The normalized spacial score (nSPS) is 23.5. The Morgan fingerprint density at radius 2 is 2.26 bits per heavy atom. The van der Waals surface area contributed by atoms with Crippen LogP contribution in [0.4, 0.5) is 11.6 Å². The predicted molar refractivity (Wildman–Crippen MR) is 77.6 cm³/mol. The molecule has 0 aliphatic carbocycles. The third-order valence-corrected chi connectivity index (χ3v) is 3.38. The van der Waals surface area contributed by atoms with Gasteiger partial charge in [-0.05, 0) is 33.1 Å². The molecule has 1 aromatic heterocycles. The van der Waals surface area contributed by atoms with Gasteiger partial charge in [-0.25, -0.2) is 9.97 Å². The number of hydrogen-bond acceptors (Lipinski definition) is 5. The van der Waals surface area contributed by atoms with E-state index in [1.54, 1.807) is 0 Å². The van der Waals surface area contributed by atoms with E-state index in [9.17, 15) is 5.11 Å². The van der Waals surface area contributed by atoms with Gasteiger partial charge in [-0.3, -0.25) is 0 Å². The number of nitrogens with one attached hydrogen (secondary N) is 1. The maximum atomic E-state index is 10.2. The van der Waals surface area contributed by atoms with Crippen LogP contribution in [-0.4, -0.2) is 40.3 Å². The molecule has 2 heterocycles. The second-order valence-electron chi connectivity index (χ2n) is 5.61. The van der Waals surface area contributed by atoms with E-state index in [-0.39, 0.29) is 0 Å². The molecule has 1 aromatic rings. The maximum absolute atomic E-state index is 10.2. The average molecular weight is 264 g/mol. The number of anilines is 2. The fraction of sp³-hybridized carbons (Fsp3) is 0.714. The topological polar surface area (TPSA) is 61.3 Å². The number of aromatic nitrogens is 2. The molecule has 19 heavy (non-hydrogen) atoms. The molecule has 0 amide bonds. The lowest BCUT2D eigenvalue weighted by Gasteiger charge is -2.37. The Labute approximate surface area is 115 Å². The first-order valence-corrected chi connectivity index (χ1v) is 7.07. The summed E-state index contributed by atoms with van der Waals surface area (Å²) in [6, 6.07) is 1.98. The molecule has 1 aliphatic heterocycles. The Balaban J connectivity index is 2.16. The SMILES string of the molecule is CCCNc1cc(N2CCCC(C)(O)C2)nc(C)n1. The van der Waals surface area contributed by atoms with Crippen molar-refractivity contribution >= 4 is 11.6 Å². The van der Waals surface area contributed by atoms with E-state index >= 15 is 0 Å². The number of nitrogens with zero attached hydrogens (tertiary/aromatic N) is 3. The number of hydrogen-bond donors (Lipinski definition) is 2. The van der Waals surface area contributed by atoms with Gasteiger partial charge in [0.05, 0.1) is 5.60 Å². The van der Waals surface area contributed by atoms with Crippen molar-refractivity contribution in [1.82, 2.24) is 9.97 Å². The fourth-order valence-corrected chi connectivity index (χ4v) is 2.47. The van der Waals surface area contributed by atoms with Gasteiger partial charge in [-0.1, -0.05) is 6.92 Å². The second-order valence-corrected chi connectivity index (χ2v) is 5.61. The van der Waals surface area contributed by atoms with Crippen LogP contribution in [0.1, 0.15) is 38.9 Å². The van der Waals surface area contributed by atoms with E-state index in [4.69, 9.17) is 0 Å². The summed E-state index contributed by atoms with van der Waals surface area (Å²) in [5.41, 5.74) is -0.617. The molecule has 0 saturated carbocycles. The molecule has 1 saturated heterocycles. The molecular formula is C14H24N4O. The highest BCUT2D eigenvalue weighted by Gasteiger charge is 2.29. The first-order chi connectivity index (χ1) is 9.00. The molecule has 1 atom stereocenters. The van der Waals surface area contributed by atoms with Crippen LogP contribution in [0.25, 0.3) is 0 Å². The minimum atomic E-state index is -0.617. The van der Waals surface area contributed by atoms with Crippen LogP contribution in [0.15, 0.2) is 6.07 Å². The summed E-state index contributed by atoms with van der Waals surface area (Å²) in [5, 5.41) is 13.5. The highest BCUT2D eigenvalue weighted by Crippen LogP contribution is 2.25. The Morgan fingerprint density at radius 3 is 2.95 bits per heavy atom. The molecule has 5 nitrogen and oxygen atoms in total. The van der Waals surface area contributed by atoms with Crippen molar-refractivity contribution in [3.63, 3.8) is 0 Å². The molecule has 2 rings (SSSR count). The summed E-state index contributed by atoms with van der Waals surface area (Å²) < 4.78 is 0. The Hall–Kier alpha value is -1.36. The zero-order chi connectivity index (χ0) is 13.9.